The molecule has 0 radical (unpaired) electrons. The number of nitrogens with zero attached hydrogens (tertiary/aromatic N) is 1. The number of ether oxygens (including phenoxy) is 1. The lowest BCUT2D eigenvalue weighted by atomic mass is 10.1. The van der Waals surface area contributed by atoms with Gasteiger partial charge >= 0.3 is 0 Å². The Kier molecular flexibility index (Phi) is 3.18. The average Bonchev–Trinajstić information content (AvgIpc) is 3.06. The van der Waals surface area contributed by atoms with Gasteiger partial charge in [-0.25, -0.2) is 4.98 Å². The van der Waals surface area contributed by atoms with Gasteiger partial charge in [0.05, 0.1) is 0 Å². The smallest absolute Gasteiger partial charge is 0.264 e. The van der Waals surface area contributed by atoms with Gasteiger partial charge in [-0.2, -0.15) is 0 Å². The number of anilines is 1. The van der Waals surface area contributed by atoms with Crippen LogP contribution in [-0.2, 0) is 17.6 Å². The summed E-state index contributed by atoms with van der Waals surface area (Å²) in [6.07, 6.45) is 6.69. The van der Waals surface area contributed by atoms with Gasteiger partial charge < -0.3 is 9.72 Å². The van der Waals surface area contributed by atoms with Gasteiger partial charge in [0, 0.05) is 12.4 Å². The highest BCUT2D eigenvalue weighted by Crippen LogP contribution is 2.25. The summed E-state index contributed by atoms with van der Waals surface area (Å²) in [6.45, 7) is -0.0144. The van der Waals surface area contributed by atoms with Crippen LogP contribution in [0.1, 0.15) is 17.5 Å². The standard InChI is InChI=1S/C14H15N3O2/c18-13(17-14-15-6-7-16-14)9-19-12-5-4-10-2-1-3-11(10)8-12/h4-8H,1-3,9H2,(H2,15,16,17,18). The Balaban J connectivity index is 1.56. The van der Waals surface area contributed by atoms with E-state index in [1.807, 2.05) is 12.1 Å². The second kappa shape index (κ2) is 5.14. The minimum Gasteiger partial charge on any atom is -0.484 e. The van der Waals surface area contributed by atoms with Gasteiger partial charge in [0.1, 0.15) is 5.75 Å². The number of carbonyl (C=O) groups excluding carboxylic acids is 1. The monoisotopic (exact) mass is 257 g/mol. The second-order valence-electron chi connectivity index (χ2n) is 4.56. The summed E-state index contributed by atoms with van der Waals surface area (Å²) >= 11 is 0. The first-order valence-electron chi connectivity index (χ1n) is 6.35. The summed E-state index contributed by atoms with van der Waals surface area (Å²) in [4.78, 5) is 18.3. The summed E-state index contributed by atoms with van der Waals surface area (Å²) in [5, 5.41) is 2.61. The van der Waals surface area contributed by atoms with Crippen LogP contribution in [0.3, 0.4) is 0 Å². The van der Waals surface area contributed by atoms with Gasteiger partial charge in [0.25, 0.3) is 5.91 Å². The fourth-order valence-electron chi connectivity index (χ4n) is 2.29. The van der Waals surface area contributed by atoms with Gasteiger partial charge in [0.15, 0.2) is 6.61 Å². The van der Waals surface area contributed by atoms with Crippen molar-refractivity contribution in [1.82, 2.24) is 9.97 Å². The first kappa shape index (κ1) is 11.8. The fourth-order valence-corrected chi connectivity index (χ4v) is 2.29. The second-order valence-corrected chi connectivity index (χ2v) is 4.56. The maximum atomic E-state index is 11.6. The summed E-state index contributed by atoms with van der Waals surface area (Å²) in [5.41, 5.74) is 2.73. The largest absolute Gasteiger partial charge is 0.484 e. The van der Waals surface area contributed by atoms with Crippen LogP contribution in [0.15, 0.2) is 30.6 Å². The summed E-state index contributed by atoms with van der Waals surface area (Å²) in [6, 6.07) is 6.04. The Morgan fingerprint density at radius 1 is 1.37 bits per heavy atom. The first-order chi connectivity index (χ1) is 9.31. The normalized spacial score (nSPS) is 13.1. The summed E-state index contributed by atoms with van der Waals surface area (Å²) in [5.74, 6) is 0.952. The number of aromatic amines is 1. The maximum absolute atomic E-state index is 11.6. The van der Waals surface area contributed by atoms with E-state index in [1.165, 1.54) is 17.5 Å². The quantitative estimate of drug-likeness (QED) is 0.879. The van der Waals surface area contributed by atoms with Crippen LogP contribution in [0.5, 0.6) is 5.75 Å². The van der Waals surface area contributed by atoms with E-state index in [4.69, 9.17) is 4.74 Å². The zero-order chi connectivity index (χ0) is 13.1. The third-order valence-electron chi connectivity index (χ3n) is 3.20. The van der Waals surface area contributed by atoms with Crippen LogP contribution in [0.2, 0.25) is 0 Å². The van der Waals surface area contributed by atoms with Gasteiger partial charge in [-0.15, -0.1) is 0 Å². The number of rotatable bonds is 4. The molecule has 1 heterocycles. The van der Waals surface area contributed by atoms with Crippen molar-refractivity contribution in [2.75, 3.05) is 11.9 Å². The molecule has 1 aromatic carbocycles. The molecular weight excluding hydrogens is 242 g/mol. The Morgan fingerprint density at radius 3 is 3.11 bits per heavy atom. The molecule has 0 atom stereocenters. The average molecular weight is 257 g/mol. The molecule has 3 rings (SSSR count). The zero-order valence-electron chi connectivity index (χ0n) is 10.5. The number of imidazole rings is 1. The number of hydrogen-bond acceptors (Lipinski definition) is 3. The minimum absolute atomic E-state index is 0.0144. The lowest BCUT2D eigenvalue weighted by molar-refractivity contribution is -0.118. The molecule has 1 aliphatic rings. The molecule has 2 aromatic rings. The number of amides is 1. The molecule has 1 amide bonds. The number of benzene rings is 1. The highest BCUT2D eigenvalue weighted by Gasteiger charge is 2.12. The SMILES string of the molecule is O=C(COc1ccc2c(c1)CCC2)Nc1ncc[nH]1. The summed E-state index contributed by atoms with van der Waals surface area (Å²) < 4.78 is 5.49. The van der Waals surface area contributed by atoms with E-state index in [0.717, 1.165) is 18.6 Å². The molecule has 5 nitrogen and oxygen atoms in total. The van der Waals surface area contributed by atoms with Crippen molar-refractivity contribution in [2.45, 2.75) is 19.3 Å². The van der Waals surface area contributed by atoms with Crippen LogP contribution in [0.4, 0.5) is 5.95 Å². The van der Waals surface area contributed by atoms with Crippen LogP contribution in [-0.4, -0.2) is 22.5 Å². The molecular formula is C14H15N3O2. The van der Waals surface area contributed by atoms with Crippen molar-refractivity contribution in [2.24, 2.45) is 0 Å². The molecule has 0 saturated heterocycles. The third-order valence-corrected chi connectivity index (χ3v) is 3.20. The van der Waals surface area contributed by atoms with Crippen molar-refractivity contribution < 1.29 is 9.53 Å². The Hall–Kier alpha value is -2.30. The van der Waals surface area contributed by atoms with E-state index in [9.17, 15) is 4.79 Å². The fraction of sp³-hybridized carbons (Fsp3) is 0.286. The lowest BCUT2D eigenvalue weighted by Crippen LogP contribution is -2.20. The lowest BCUT2D eigenvalue weighted by Gasteiger charge is -2.07. The number of aromatic nitrogens is 2. The minimum atomic E-state index is -0.226. The van der Waals surface area contributed by atoms with E-state index < -0.39 is 0 Å². The molecule has 19 heavy (non-hydrogen) atoms. The molecule has 0 spiro atoms. The van der Waals surface area contributed by atoms with Gasteiger partial charge in [0.2, 0.25) is 5.95 Å². The Bertz CT molecular complexity index is 578. The number of hydrogen-bond donors (Lipinski definition) is 2. The number of carbonyl (C=O) groups is 1. The Labute approximate surface area is 111 Å². The molecule has 0 fully saturated rings. The number of H-pyrrole nitrogens is 1. The van der Waals surface area contributed by atoms with Gasteiger partial charge in [-0.1, -0.05) is 6.07 Å². The molecule has 98 valence electrons. The van der Waals surface area contributed by atoms with Crippen LogP contribution >= 0.6 is 0 Å². The summed E-state index contributed by atoms with van der Waals surface area (Å²) in [7, 11) is 0. The number of nitrogens with one attached hydrogen (secondary N) is 2. The number of fused-ring (bicyclic) bond motifs is 1. The van der Waals surface area contributed by atoms with E-state index in [0.29, 0.717) is 5.95 Å². The van der Waals surface area contributed by atoms with Crippen LogP contribution < -0.4 is 10.1 Å². The van der Waals surface area contributed by atoms with Crippen molar-refractivity contribution in [3.8, 4) is 5.75 Å². The first-order valence-corrected chi connectivity index (χ1v) is 6.35. The molecule has 1 aliphatic carbocycles. The van der Waals surface area contributed by atoms with Crippen molar-refractivity contribution in [3.63, 3.8) is 0 Å². The third kappa shape index (κ3) is 2.76. The van der Waals surface area contributed by atoms with Crippen molar-refractivity contribution in [1.29, 1.82) is 0 Å². The highest BCUT2D eigenvalue weighted by molar-refractivity contribution is 5.90. The van der Waals surface area contributed by atoms with Gasteiger partial charge in [-0.3, -0.25) is 10.1 Å². The topological polar surface area (TPSA) is 67.0 Å². The molecule has 2 N–H and O–H groups in total. The molecule has 5 heteroatoms. The molecule has 0 bridgehead atoms. The Morgan fingerprint density at radius 2 is 2.26 bits per heavy atom. The molecule has 0 saturated carbocycles. The van der Waals surface area contributed by atoms with E-state index in [-0.39, 0.29) is 12.5 Å². The highest BCUT2D eigenvalue weighted by atomic mass is 16.5. The van der Waals surface area contributed by atoms with E-state index >= 15 is 0 Å². The number of aryl methyl sites for hydroxylation is 2. The molecule has 0 aliphatic heterocycles. The molecule has 1 aromatic heterocycles. The predicted octanol–water partition coefficient (Wildman–Crippen LogP) is 1.92. The van der Waals surface area contributed by atoms with Crippen LogP contribution in [0, 0.1) is 0 Å². The molecule has 0 unspecified atom stereocenters. The zero-order valence-corrected chi connectivity index (χ0v) is 10.5. The van der Waals surface area contributed by atoms with E-state index in [1.54, 1.807) is 12.4 Å². The maximum Gasteiger partial charge on any atom is 0.264 e. The van der Waals surface area contributed by atoms with Crippen molar-refractivity contribution in [3.05, 3.63) is 41.7 Å². The van der Waals surface area contributed by atoms with E-state index in [2.05, 4.69) is 21.4 Å². The van der Waals surface area contributed by atoms with Crippen LogP contribution in [0.25, 0.3) is 0 Å². The predicted molar refractivity (Wildman–Crippen MR) is 71.2 cm³/mol. The van der Waals surface area contributed by atoms with Gasteiger partial charge in [-0.05, 0) is 42.5 Å². The van der Waals surface area contributed by atoms with Crippen molar-refractivity contribution >= 4 is 11.9 Å².